The Hall–Kier alpha value is -0.0000000000000000416. The highest BCUT2D eigenvalue weighted by atomic mass is 35.5. The number of nitrogens with one attached hydrogen (secondary N) is 1. The number of likely N-dealkylation sites (tertiary alicyclic amines) is 1. The molecule has 0 aromatic rings. The van der Waals surface area contributed by atoms with Crippen LogP contribution in [0, 0.1) is 5.92 Å². The van der Waals surface area contributed by atoms with Gasteiger partial charge >= 0.3 is 6.18 Å². The third-order valence-corrected chi connectivity index (χ3v) is 3.45. The van der Waals surface area contributed by atoms with Gasteiger partial charge in [0, 0.05) is 19.1 Å². The summed E-state index contributed by atoms with van der Waals surface area (Å²) in [5.74, 6) is 0.576. The molecule has 2 aliphatic heterocycles. The summed E-state index contributed by atoms with van der Waals surface area (Å²) >= 11 is 0. The molecule has 1 N–H and O–H groups in total. The number of halogens is 4. The van der Waals surface area contributed by atoms with Gasteiger partial charge in [0.2, 0.25) is 0 Å². The van der Waals surface area contributed by atoms with Crippen molar-refractivity contribution >= 4 is 12.4 Å². The standard InChI is InChI=1S/C10H17F3N2.ClH/c11-10(12,13)3-6-15-5-2-9-8(7-15)1-4-14-9;/h8-9,14H,1-7H2;1H. The van der Waals surface area contributed by atoms with E-state index in [1.54, 1.807) is 0 Å². The smallest absolute Gasteiger partial charge is 0.314 e. The Morgan fingerprint density at radius 2 is 2.00 bits per heavy atom. The second kappa shape index (κ2) is 5.56. The first-order chi connectivity index (χ1) is 7.04. The molecular weight excluding hydrogens is 241 g/mol. The van der Waals surface area contributed by atoms with E-state index in [4.69, 9.17) is 0 Å². The predicted octanol–water partition coefficient (Wildman–Crippen LogP) is 2.04. The number of hydrogen-bond donors (Lipinski definition) is 1. The van der Waals surface area contributed by atoms with E-state index in [0.717, 1.165) is 32.5 Å². The Morgan fingerprint density at radius 3 is 2.69 bits per heavy atom. The molecule has 2 aliphatic rings. The molecule has 2 rings (SSSR count). The number of fused-ring (bicyclic) bond motifs is 1. The molecule has 0 aromatic heterocycles. The topological polar surface area (TPSA) is 15.3 Å². The lowest BCUT2D eigenvalue weighted by atomic mass is 9.93. The Balaban J connectivity index is 0.00000128. The van der Waals surface area contributed by atoms with Crippen LogP contribution >= 0.6 is 12.4 Å². The number of rotatable bonds is 2. The zero-order chi connectivity index (χ0) is 10.9. The molecule has 0 aromatic carbocycles. The summed E-state index contributed by atoms with van der Waals surface area (Å²) in [6.45, 7) is 2.85. The second-order valence-corrected chi connectivity index (χ2v) is 4.56. The summed E-state index contributed by atoms with van der Waals surface area (Å²) in [7, 11) is 0. The van der Waals surface area contributed by atoms with Gasteiger partial charge in [0.05, 0.1) is 6.42 Å². The highest BCUT2D eigenvalue weighted by Crippen LogP contribution is 2.26. The van der Waals surface area contributed by atoms with Crippen molar-refractivity contribution in [2.75, 3.05) is 26.2 Å². The van der Waals surface area contributed by atoms with Gasteiger partial charge in [0.25, 0.3) is 0 Å². The molecule has 0 aliphatic carbocycles. The first-order valence-electron chi connectivity index (χ1n) is 5.57. The van der Waals surface area contributed by atoms with E-state index >= 15 is 0 Å². The number of piperidine rings is 1. The van der Waals surface area contributed by atoms with Crippen molar-refractivity contribution in [3.8, 4) is 0 Å². The first kappa shape index (κ1) is 14.1. The van der Waals surface area contributed by atoms with Crippen LogP contribution in [0.25, 0.3) is 0 Å². The highest BCUT2D eigenvalue weighted by Gasteiger charge is 2.34. The molecule has 2 fully saturated rings. The van der Waals surface area contributed by atoms with Gasteiger partial charge in [-0.2, -0.15) is 13.2 Å². The third-order valence-electron chi connectivity index (χ3n) is 3.45. The summed E-state index contributed by atoms with van der Waals surface area (Å²) in [4.78, 5) is 1.96. The molecular formula is C10H18ClF3N2. The Morgan fingerprint density at radius 1 is 1.25 bits per heavy atom. The number of nitrogens with zero attached hydrogens (tertiary/aromatic N) is 1. The average Bonchev–Trinajstić information content (AvgIpc) is 2.60. The average molecular weight is 259 g/mol. The van der Waals surface area contributed by atoms with Gasteiger partial charge in [-0.05, 0) is 31.8 Å². The fourth-order valence-electron chi connectivity index (χ4n) is 2.61. The normalized spacial score (nSPS) is 30.9. The van der Waals surface area contributed by atoms with E-state index < -0.39 is 12.6 Å². The van der Waals surface area contributed by atoms with Gasteiger partial charge in [-0.15, -0.1) is 12.4 Å². The summed E-state index contributed by atoms with van der Waals surface area (Å²) < 4.78 is 36.1. The Kier molecular flexibility index (Phi) is 4.88. The first-order valence-corrected chi connectivity index (χ1v) is 5.57. The lowest BCUT2D eigenvalue weighted by molar-refractivity contribution is -0.138. The minimum atomic E-state index is -4.01. The van der Waals surface area contributed by atoms with E-state index in [9.17, 15) is 13.2 Å². The van der Waals surface area contributed by atoms with Crippen molar-refractivity contribution in [2.24, 2.45) is 5.92 Å². The van der Waals surface area contributed by atoms with Crippen LogP contribution < -0.4 is 5.32 Å². The van der Waals surface area contributed by atoms with Crippen LogP contribution in [-0.4, -0.2) is 43.3 Å². The van der Waals surface area contributed by atoms with Crippen molar-refractivity contribution in [2.45, 2.75) is 31.5 Å². The van der Waals surface area contributed by atoms with Crippen LogP contribution in [0.5, 0.6) is 0 Å². The van der Waals surface area contributed by atoms with Crippen LogP contribution in [0.15, 0.2) is 0 Å². The van der Waals surface area contributed by atoms with Gasteiger partial charge in [-0.1, -0.05) is 0 Å². The summed E-state index contributed by atoms with van der Waals surface area (Å²) in [6.07, 6.45) is -2.56. The second-order valence-electron chi connectivity index (χ2n) is 4.56. The molecule has 2 nitrogen and oxygen atoms in total. The quantitative estimate of drug-likeness (QED) is 0.816. The van der Waals surface area contributed by atoms with Gasteiger partial charge in [-0.3, -0.25) is 0 Å². The maximum absolute atomic E-state index is 12.0. The lowest BCUT2D eigenvalue weighted by Gasteiger charge is -2.34. The molecule has 0 bridgehead atoms. The molecule has 96 valence electrons. The summed E-state index contributed by atoms with van der Waals surface area (Å²) in [5, 5.41) is 3.40. The molecule has 0 spiro atoms. The molecule has 2 saturated heterocycles. The van der Waals surface area contributed by atoms with Crippen LogP contribution in [-0.2, 0) is 0 Å². The van der Waals surface area contributed by atoms with Crippen molar-refractivity contribution in [1.82, 2.24) is 10.2 Å². The van der Waals surface area contributed by atoms with E-state index in [0.29, 0.717) is 12.0 Å². The molecule has 2 heterocycles. The highest BCUT2D eigenvalue weighted by molar-refractivity contribution is 5.85. The number of alkyl halides is 3. The van der Waals surface area contributed by atoms with E-state index in [-0.39, 0.29) is 19.0 Å². The van der Waals surface area contributed by atoms with Gasteiger partial charge in [0.15, 0.2) is 0 Å². The van der Waals surface area contributed by atoms with Gasteiger partial charge in [-0.25, -0.2) is 0 Å². The van der Waals surface area contributed by atoms with Crippen LogP contribution in [0.1, 0.15) is 19.3 Å². The largest absolute Gasteiger partial charge is 0.390 e. The molecule has 0 radical (unpaired) electrons. The number of hydrogen-bond acceptors (Lipinski definition) is 2. The van der Waals surface area contributed by atoms with Crippen molar-refractivity contribution in [3.63, 3.8) is 0 Å². The zero-order valence-corrected chi connectivity index (χ0v) is 9.91. The SMILES string of the molecule is Cl.FC(F)(F)CCN1CCC2NCCC2C1. The van der Waals surface area contributed by atoms with Crippen LogP contribution in [0.2, 0.25) is 0 Å². The summed E-state index contributed by atoms with van der Waals surface area (Å²) in [6, 6.07) is 0.562. The fraction of sp³-hybridized carbons (Fsp3) is 1.00. The monoisotopic (exact) mass is 258 g/mol. The lowest BCUT2D eigenvalue weighted by Crippen LogP contribution is -2.45. The molecule has 0 amide bonds. The van der Waals surface area contributed by atoms with Crippen LogP contribution in [0.3, 0.4) is 0 Å². The minimum absolute atomic E-state index is 0. The Bertz CT molecular complexity index is 223. The molecule has 16 heavy (non-hydrogen) atoms. The van der Waals surface area contributed by atoms with Gasteiger partial charge < -0.3 is 10.2 Å². The maximum Gasteiger partial charge on any atom is 0.390 e. The summed E-state index contributed by atoms with van der Waals surface area (Å²) in [5.41, 5.74) is 0. The van der Waals surface area contributed by atoms with Crippen LogP contribution in [0.4, 0.5) is 13.2 Å². The Labute approximate surface area is 100.0 Å². The fourth-order valence-corrected chi connectivity index (χ4v) is 2.61. The van der Waals surface area contributed by atoms with E-state index in [2.05, 4.69) is 5.32 Å². The minimum Gasteiger partial charge on any atom is -0.314 e. The van der Waals surface area contributed by atoms with Gasteiger partial charge in [0.1, 0.15) is 0 Å². The van der Waals surface area contributed by atoms with E-state index in [1.807, 2.05) is 4.90 Å². The van der Waals surface area contributed by atoms with Crippen molar-refractivity contribution in [3.05, 3.63) is 0 Å². The molecule has 0 saturated carbocycles. The van der Waals surface area contributed by atoms with Crippen molar-refractivity contribution in [1.29, 1.82) is 0 Å². The third kappa shape index (κ3) is 3.79. The zero-order valence-electron chi connectivity index (χ0n) is 9.09. The van der Waals surface area contributed by atoms with Crippen molar-refractivity contribution < 1.29 is 13.2 Å². The predicted molar refractivity (Wildman–Crippen MR) is 58.9 cm³/mol. The maximum atomic E-state index is 12.0. The van der Waals surface area contributed by atoms with E-state index in [1.165, 1.54) is 0 Å². The molecule has 6 heteroatoms. The molecule has 2 unspecified atom stereocenters. The molecule has 2 atom stereocenters.